The van der Waals surface area contributed by atoms with Gasteiger partial charge in [0.05, 0.1) is 5.92 Å². The molecule has 1 amide bonds. The minimum Gasteiger partial charge on any atom is -0.342 e. The second-order valence-corrected chi connectivity index (χ2v) is 5.66. The highest BCUT2D eigenvalue weighted by Gasteiger charge is 2.29. The van der Waals surface area contributed by atoms with Gasteiger partial charge in [-0.3, -0.25) is 4.79 Å². The van der Waals surface area contributed by atoms with E-state index in [0.717, 1.165) is 58.4 Å². The summed E-state index contributed by atoms with van der Waals surface area (Å²) in [6.45, 7) is 7.57. The van der Waals surface area contributed by atoms with Crippen molar-refractivity contribution in [2.45, 2.75) is 38.6 Å². The topological polar surface area (TPSA) is 35.6 Å². The molecular weight excluding hydrogens is 297 g/mol. The number of hydrogen-bond acceptors (Lipinski definition) is 3. The van der Waals surface area contributed by atoms with Crippen LogP contribution in [0.3, 0.4) is 0 Å². The summed E-state index contributed by atoms with van der Waals surface area (Å²) in [5.74, 6) is 0.574. The number of amides is 1. The fourth-order valence-corrected chi connectivity index (χ4v) is 3.15. The average molecular weight is 326 g/mol. The van der Waals surface area contributed by atoms with Gasteiger partial charge in [-0.1, -0.05) is 6.92 Å². The van der Waals surface area contributed by atoms with Crippen molar-refractivity contribution in [2.75, 3.05) is 39.8 Å². The van der Waals surface area contributed by atoms with Gasteiger partial charge in [-0.2, -0.15) is 0 Å². The van der Waals surface area contributed by atoms with Crippen molar-refractivity contribution in [2.24, 2.45) is 5.92 Å². The van der Waals surface area contributed by atoms with E-state index in [9.17, 15) is 4.79 Å². The Kier molecular flexibility index (Phi) is 9.81. The van der Waals surface area contributed by atoms with Crippen molar-refractivity contribution < 1.29 is 4.79 Å². The Balaban J connectivity index is 0.00000180. The molecule has 0 aromatic heterocycles. The molecule has 1 N–H and O–H groups in total. The zero-order valence-electron chi connectivity index (χ0n) is 12.6. The molecule has 0 aliphatic carbocycles. The van der Waals surface area contributed by atoms with Crippen LogP contribution in [0, 0.1) is 5.92 Å². The molecule has 2 rings (SSSR count). The number of rotatable bonds is 3. The lowest BCUT2D eigenvalue weighted by Gasteiger charge is -2.38. The van der Waals surface area contributed by atoms with Gasteiger partial charge >= 0.3 is 0 Å². The summed E-state index contributed by atoms with van der Waals surface area (Å²) in [7, 11) is 2.00. The molecule has 20 heavy (non-hydrogen) atoms. The minimum absolute atomic E-state index is 0. The number of nitrogens with zero attached hydrogens (tertiary/aromatic N) is 2. The molecule has 0 aromatic carbocycles. The van der Waals surface area contributed by atoms with Crippen LogP contribution in [-0.4, -0.2) is 61.5 Å². The summed E-state index contributed by atoms with van der Waals surface area (Å²) in [5.41, 5.74) is 0. The maximum atomic E-state index is 12.4. The number of nitrogens with one attached hydrogen (secondary N) is 1. The van der Waals surface area contributed by atoms with Gasteiger partial charge in [-0.05, 0) is 38.8 Å². The third-order valence-electron chi connectivity index (χ3n) is 4.55. The molecule has 1 atom stereocenters. The Morgan fingerprint density at radius 1 is 1.25 bits per heavy atom. The molecule has 0 spiro atoms. The highest BCUT2D eigenvalue weighted by molar-refractivity contribution is 5.85. The first-order chi connectivity index (χ1) is 8.72. The summed E-state index contributed by atoms with van der Waals surface area (Å²) in [4.78, 5) is 16.9. The average Bonchev–Trinajstić information content (AvgIpc) is 2.47. The summed E-state index contributed by atoms with van der Waals surface area (Å²) in [5, 5.41) is 3.33. The monoisotopic (exact) mass is 325 g/mol. The second-order valence-electron chi connectivity index (χ2n) is 5.66. The predicted molar refractivity (Wildman–Crippen MR) is 88.0 cm³/mol. The smallest absolute Gasteiger partial charge is 0.226 e. The highest BCUT2D eigenvalue weighted by atomic mass is 35.5. The van der Waals surface area contributed by atoms with Gasteiger partial charge < -0.3 is 15.1 Å². The predicted octanol–water partition coefficient (Wildman–Crippen LogP) is 1.77. The molecular formula is C14H29Cl2N3O. The first-order valence-corrected chi connectivity index (χ1v) is 7.42. The molecule has 4 nitrogen and oxygen atoms in total. The van der Waals surface area contributed by atoms with Crippen LogP contribution in [-0.2, 0) is 4.79 Å². The molecule has 2 fully saturated rings. The van der Waals surface area contributed by atoms with E-state index in [0.29, 0.717) is 11.9 Å². The van der Waals surface area contributed by atoms with E-state index in [1.807, 2.05) is 11.9 Å². The summed E-state index contributed by atoms with van der Waals surface area (Å²) < 4.78 is 0. The lowest BCUT2D eigenvalue weighted by Crippen LogP contribution is -2.49. The van der Waals surface area contributed by atoms with E-state index in [1.165, 1.54) is 0 Å². The number of piperidine rings is 2. The van der Waals surface area contributed by atoms with Crippen molar-refractivity contribution in [3.63, 3.8) is 0 Å². The van der Waals surface area contributed by atoms with E-state index < -0.39 is 0 Å². The van der Waals surface area contributed by atoms with E-state index in [1.54, 1.807) is 0 Å². The molecule has 0 aromatic rings. The zero-order valence-corrected chi connectivity index (χ0v) is 14.3. The molecule has 0 saturated carbocycles. The van der Waals surface area contributed by atoms with Gasteiger partial charge in [0, 0.05) is 32.7 Å². The summed E-state index contributed by atoms with van der Waals surface area (Å²) in [6, 6.07) is 0.460. The van der Waals surface area contributed by atoms with Crippen LogP contribution in [0.4, 0.5) is 0 Å². The van der Waals surface area contributed by atoms with Gasteiger partial charge in [0.1, 0.15) is 0 Å². The van der Waals surface area contributed by atoms with Crippen LogP contribution >= 0.6 is 24.8 Å². The van der Waals surface area contributed by atoms with Gasteiger partial charge in [0.25, 0.3) is 0 Å². The number of likely N-dealkylation sites (tertiary alicyclic amines) is 1. The van der Waals surface area contributed by atoms with E-state index in [-0.39, 0.29) is 30.7 Å². The fourth-order valence-electron chi connectivity index (χ4n) is 3.15. The summed E-state index contributed by atoms with van der Waals surface area (Å²) >= 11 is 0. The van der Waals surface area contributed by atoms with Crippen LogP contribution in [0.15, 0.2) is 0 Å². The van der Waals surface area contributed by atoms with Gasteiger partial charge in [-0.15, -0.1) is 24.8 Å². The maximum Gasteiger partial charge on any atom is 0.226 e. The molecule has 0 radical (unpaired) electrons. The van der Waals surface area contributed by atoms with Crippen molar-refractivity contribution in [1.29, 1.82) is 0 Å². The number of carbonyl (C=O) groups is 1. The van der Waals surface area contributed by atoms with E-state index in [2.05, 4.69) is 17.1 Å². The molecule has 2 aliphatic heterocycles. The first kappa shape index (κ1) is 20.0. The first-order valence-electron chi connectivity index (χ1n) is 7.42. The lowest BCUT2D eigenvalue weighted by atomic mass is 9.96. The van der Waals surface area contributed by atoms with Crippen LogP contribution < -0.4 is 5.32 Å². The third-order valence-corrected chi connectivity index (χ3v) is 4.55. The minimum atomic E-state index is 0. The van der Waals surface area contributed by atoms with Crippen LogP contribution in [0.2, 0.25) is 0 Å². The van der Waals surface area contributed by atoms with Gasteiger partial charge in [0.2, 0.25) is 5.91 Å². The Bertz CT molecular complexity index is 278. The standard InChI is InChI=1S/C14H27N3O.2ClH/c1-3-17-9-6-13(7-10-17)16(2)14(18)12-5-4-8-15-11-12;;/h12-13,15H,3-11H2,1-2H3;2*1H/t12-;;/m1../s1. The van der Waals surface area contributed by atoms with Crippen LogP contribution in [0.25, 0.3) is 0 Å². The molecule has 2 aliphatic rings. The molecule has 120 valence electrons. The Morgan fingerprint density at radius 3 is 2.40 bits per heavy atom. The SMILES string of the molecule is CCN1CCC(N(C)C(=O)[C@@H]2CCCNC2)CC1.Cl.Cl. The molecule has 2 saturated heterocycles. The third kappa shape index (κ3) is 5.06. The fraction of sp³-hybridized carbons (Fsp3) is 0.929. The number of hydrogen-bond donors (Lipinski definition) is 1. The Labute approximate surface area is 135 Å². The Morgan fingerprint density at radius 2 is 1.90 bits per heavy atom. The maximum absolute atomic E-state index is 12.4. The van der Waals surface area contributed by atoms with Crippen molar-refractivity contribution >= 4 is 30.7 Å². The molecule has 0 bridgehead atoms. The normalized spacial score (nSPS) is 24.4. The van der Waals surface area contributed by atoms with Crippen molar-refractivity contribution in [3.05, 3.63) is 0 Å². The molecule has 6 heteroatoms. The zero-order chi connectivity index (χ0) is 13.0. The van der Waals surface area contributed by atoms with Crippen molar-refractivity contribution in [3.8, 4) is 0 Å². The second kappa shape index (κ2) is 9.82. The summed E-state index contributed by atoms with van der Waals surface area (Å²) in [6.07, 6.45) is 4.47. The molecule has 2 heterocycles. The quantitative estimate of drug-likeness (QED) is 0.859. The van der Waals surface area contributed by atoms with E-state index in [4.69, 9.17) is 0 Å². The van der Waals surface area contributed by atoms with Crippen LogP contribution in [0.1, 0.15) is 32.6 Å². The highest BCUT2D eigenvalue weighted by Crippen LogP contribution is 2.19. The van der Waals surface area contributed by atoms with Gasteiger partial charge in [0.15, 0.2) is 0 Å². The molecule has 0 unspecified atom stereocenters. The van der Waals surface area contributed by atoms with Gasteiger partial charge in [-0.25, -0.2) is 0 Å². The van der Waals surface area contributed by atoms with Crippen LogP contribution in [0.5, 0.6) is 0 Å². The number of carbonyl (C=O) groups excluding carboxylic acids is 1. The number of halogens is 2. The van der Waals surface area contributed by atoms with E-state index >= 15 is 0 Å². The largest absolute Gasteiger partial charge is 0.342 e. The van der Waals surface area contributed by atoms with Crippen molar-refractivity contribution in [1.82, 2.24) is 15.1 Å². The Hall–Kier alpha value is -0.0300. The lowest BCUT2D eigenvalue weighted by molar-refractivity contribution is -0.137.